The number of halogens is 1. The number of aliphatic hydroxyl groups is 1. The molecule has 0 spiro atoms. The second-order valence-electron chi connectivity index (χ2n) is 26.6. The summed E-state index contributed by atoms with van der Waals surface area (Å²) in [5.74, 6) is -1.59. The van der Waals surface area contributed by atoms with Crippen LogP contribution in [0.2, 0.25) is 0 Å². The molecule has 3 aromatic carbocycles. The molecule has 10 rings (SSSR count). The Labute approximate surface area is 644 Å². The molecule has 7 heterocycles. The number of hydrogen-bond acceptors (Lipinski definition) is 20. The number of pyridine rings is 1. The van der Waals surface area contributed by atoms with Crippen molar-refractivity contribution in [2.45, 2.75) is 33.3 Å². The molecule has 0 aliphatic heterocycles. The minimum Gasteiger partial charge on any atom is -0.491 e. The topological polar surface area (TPSA) is 375 Å². The number of fused-ring (bicyclic) bond motifs is 1. The van der Waals surface area contributed by atoms with Crippen molar-refractivity contribution in [2.24, 2.45) is 42.3 Å². The van der Waals surface area contributed by atoms with Crippen molar-refractivity contribution in [2.75, 3.05) is 145 Å². The second-order valence-corrected chi connectivity index (χ2v) is 26.6. The van der Waals surface area contributed by atoms with Crippen molar-refractivity contribution in [3.8, 4) is 28.4 Å². The number of H-pyrrole nitrogens is 1. The van der Waals surface area contributed by atoms with Crippen LogP contribution in [-0.4, -0.2) is 202 Å². The van der Waals surface area contributed by atoms with Crippen LogP contribution in [0, 0.1) is 19.7 Å². The van der Waals surface area contributed by atoms with Crippen molar-refractivity contribution in [1.29, 1.82) is 0 Å². The lowest BCUT2D eigenvalue weighted by Crippen LogP contribution is -2.29. The third kappa shape index (κ3) is 22.8. The Morgan fingerprint density at radius 2 is 0.955 bits per heavy atom. The van der Waals surface area contributed by atoms with Gasteiger partial charge < -0.3 is 117 Å². The van der Waals surface area contributed by atoms with E-state index in [1.54, 1.807) is 163 Å². The van der Waals surface area contributed by atoms with E-state index in [2.05, 4.69) is 46.9 Å². The fraction of sp³-hybridized carbons (Fsp3) is 0.372. The first-order chi connectivity index (χ1) is 53.8. The zero-order valence-electron chi connectivity index (χ0n) is 64.1. The van der Waals surface area contributed by atoms with Crippen molar-refractivity contribution < 1.29 is 85.6 Å². The maximum absolute atomic E-state index is 14.2. The number of carbonyl (C=O) groups is 6. The molecule has 0 saturated carbocycles. The number of nitrogens with zero attached hydrogens (tertiary/aromatic N) is 8. The van der Waals surface area contributed by atoms with Gasteiger partial charge in [-0.2, -0.15) is 0 Å². The van der Waals surface area contributed by atoms with Gasteiger partial charge >= 0.3 is 0 Å². The zero-order valence-corrected chi connectivity index (χ0v) is 64.1. The number of aromatic amines is 1. The summed E-state index contributed by atoms with van der Waals surface area (Å²) in [7, 11) is 9.85. The number of rotatable bonds is 43. The normalized spacial score (nSPS) is 11.5. The van der Waals surface area contributed by atoms with Gasteiger partial charge in [-0.05, 0) is 117 Å². The van der Waals surface area contributed by atoms with E-state index in [-0.39, 0.29) is 82.8 Å². The molecule has 0 aliphatic rings. The van der Waals surface area contributed by atoms with Gasteiger partial charge in [-0.1, -0.05) is 6.07 Å². The third-order valence-electron chi connectivity index (χ3n) is 17.4. The molecular formula is C78H94FN15O18. The van der Waals surface area contributed by atoms with Gasteiger partial charge in [-0.25, -0.2) is 14.4 Å². The minimum atomic E-state index is -1.22. The highest BCUT2D eigenvalue weighted by molar-refractivity contribution is 6.10. The van der Waals surface area contributed by atoms with E-state index in [9.17, 15) is 43.1 Å². The van der Waals surface area contributed by atoms with Crippen LogP contribution in [-0.2, 0) is 85.8 Å². The number of aromatic nitrogens is 9. The van der Waals surface area contributed by atoms with Gasteiger partial charge in [-0.3, -0.25) is 33.6 Å². The Hall–Kier alpha value is -11.6. The number of ether oxygens (including phenoxy) is 10. The van der Waals surface area contributed by atoms with Crippen LogP contribution in [0.25, 0.3) is 22.0 Å². The van der Waals surface area contributed by atoms with Crippen LogP contribution in [0.15, 0.2) is 127 Å². The highest BCUT2D eigenvalue weighted by Crippen LogP contribution is 2.41. The van der Waals surface area contributed by atoms with Crippen molar-refractivity contribution >= 4 is 74.9 Å². The Morgan fingerprint density at radius 3 is 1.46 bits per heavy atom. The summed E-state index contributed by atoms with van der Waals surface area (Å²) in [6, 6.07) is 21.0. The van der Waals surface area contributed by atoms with Gasteiger partial charge in [0.1, 0.15) is 58.0 Å². The highest BCUT2D eigenvalue weighted by Gasteiger charge is 2.26. The van der Waals surface area contributed by atoms with Gasteiger partial charge in [0.05, 0.1) is 128 Å². The molecular weight excluding hydrogens is 1450 g/mol. The maximum atomic E-state index is 14.2. The lowest BCUT2D eigenvalue weighted by atomic mass is 9.93. The van der Waals surface area contributed by atoms with E-state index in [0.29, 0.717) is 172 Å². The monoisotopic (exact) mass is 1550 g/mol. The van der Waals surface area contributed by atoms with Gasteiger partial charge in [0.25, 0.3) is 41.0 Å². The Bertz CT molecular complexity index is 4960. The molecule has 596 valence electrons. The van der Waals surface area contributed by atoms with E-state index in [0.717, 1.165) is 0 Å². The molecule has 34 heteroatoms. The molecule has 0 unspecified atom stereocenters. The molecule has 0 atom stereocenters. The summed E-state index contributed by atoms with van der Waals surface area (Å²) in [6.45, 7) is 13.2. The summed E-state index contributed by atoms with van der Waals surface area (Å²) < 4.78 is 80.3. The van der Waals surface area contributed by atoms with Gasteiger partial charge in [0, 0.05) is 114 Å². The van der Waals surface area contributed by atoms with Gasteiger partial charge in [0.15, 0.2) is 11.6 Å². The number of anilines is 5. The molecule has 8 N–H and O–H groups in total. The van der Waals surface area contributed by atoms with Crippen LogP contribution in [0.1, 0.15) is 93.7 Å². The Kier molecular flexibility index (Phi) is 29.1. The lowest BCUT2D eigenvalue weighted by Gasteiger charge is -2.22. The van der Waals surface area contributed by atoms with E-state index >= 15 is 0 Å². The van der Waals surface area contributed by atoms with Crippen molar-refractivity contribution in [1.82, 2.24) is 47.7 Å². The predicted octanol–water partition coefficient (Wildman–Crippen LogP) is 7.99. The van der Waals surface area contributed by atoms with E-state index in [4.69, 9.17) is 47.4 Å². The van der Waals surface area contributed by atoms with Gasteiger partial charge in [0.2, 0.25) is 5.82 Å². The molecule has 7 aromatic heterocycles. The van der Waals surface area contributed by atoms with Crippen LogP contribution < -0.4 is 46.9 Å². The van der Waals surface area contributed by atoms with Crippen molar-refractivity contribution in [3.05, 3.63) is 190 Å². The van der Waals surface area contributed by atoms with Crippen LogP contribution >= 0.6 is 0 Å². The second kappa shape index (κ2) is 39.3. The summed E-state index contributed by atoms with van der Waals surface area (Å²) >= 11 is 0. The summed E-state index contributed by atoms with van der Waals surface area (Å²) in [5.41, 5.74) is 3.91. The highest BCUT2D eigenvalue weighted by atomic mass is 19.1. The van der Waals surface area contributed by atoms with Crippen molar-refractivity contribution in [3.63, 3.8) is 0 Å². The predicted molar refractivity (Wildman–Crippen MR) is 413 cm³/mol. The van der Waals surface area contributed by atoms with Gasteiger partial charge in [-0.15, -0.1) is 0 Å². The number of amides is 6. The van der Waals surface area contributed by atoms with E-state index < -0.39 is 35.1 Å². The number of aryl methyl sites for hydroxylation is 8. The fourth-order valence-electron chi connectivity index (χ4n) is 11.7. The first kappa shape index (κ1) is 82.9. The number of benzene rings is 3. The number of imidazole rings is 2. The molecule has 112 heavy (non-hydrogen) atoms. The molecule has 0 radical (unpaired) electrons. The quantitative estimate of drug-likeness (QED) is 0.0168. The smallest absolute Gasteiger partial charge is 0.291 e. The maximum Gasteiger partial charge on any atom is 0.291 e. The molecule has 6 amide bonds. The molecule has 33 nitrogen and oxygen atoms in total. The van der Waals surface area contributed by atoms with E-state index in [1.165, 1.54) is 56.4 Å². The van der Waals surface area contributed by atoms with Crippen LogP contribution in [0.4, 0.5) is 33.0 Å². The van der Waals surface area contributed by atoms with E-state index in [1.807, 2.05) is 0 Å². The summed E-state index contributed by atoms with van der Waals surface area (Å²) in [5, 5.41) is 28.1. The van der Waals surface area contributed by atoms with Crippen LogP contribution in [0.5, 0.6) is 17.2 Å². The molecule has 0 saturated heterocycles. The Balaban J connectivity index is 0.499. The number of hydrogen-bond donors (Lipinski definition) is 8. The Morgan fingerprint density at radius 1 is 0.482 bits per heavy atom. The lowest BCUT2D eigenvalue weighted by molar-refractivity contribution is -0.0235. The fourth-order valence-corrected chi connectivity index (χ4v) is 11.7. The largest absolute Gasteiger partial charge is 0.491 e. The molecule has 0 fully saturated rings. The summed E-state index contributed by atoms with van der Waals surface area (Å²) in [6.07, 6.45) is 11.0. The average Bonchev–Trinajstić information content (AvgIpc) is 1.50. The molecule has 0 bridgehead atoms. The standard InChI is InChI=1S/C78H94FN15O18/c1-49-37-52(79)38-50(2)68(49)112-65-16-11-51(78(3,4)102)39-58(65)60-47-94(10)77(101)67-59(60)43-61(86-67)71(95)82-53-12-14-57(15-13-53)111-36-35-110-34-33-109-32-31-108-30-29-107-28-27-106-26-25-105-24-23-104-22-21-103-20-18-81-72(96)62-40-55(45-90(62)6)85-76(100)70-87-66(48-93(70)9)88-74(98)64-41-54(44-92(64)8)83-73(97)63-42-56(46-91(63)7)84-75(99)69-80-17-19-89(69)5/h11-17,19,37-48,86,102H,18,20-36H2,1-10H3,(H,81,96)(H,82,95)(H,83,97)(H,84,99)(H,85,100)(H,88,98). The first-order valence-electron chi connectivity index (χ1n) is 36.0. The van der Waals surface area contributed by atoms with Crippen LogP contribution in [0.3, 0.4) is 0 Å². The first-order valence-corrected chi connectivity index (χ1v) is 36.0. The average molecular weight is 1550 g/mol. The SMILES string of the molecule is Cc1cc(F)cc(C)c1Oc1ccc(C(C)(C)O)cc1-c1cn(C)c(=O)c2[nH]c(C(=O)Nc3ccc(OCCOCCOCCOCCOCCOCCOCCOCCOCCNC(=O)c4cc(NC(=O)c5nc(NC(=O)c6cc(NC(=O)c7cc(NC(=O)c8nccn8C)cn7C)cn6C)cn5C)cn4C)cc3)cc12. The molecule has 10 aromatic rings. The molecule has 0 aliphatic carbocycles. The number of nitrogens with one attached hydrogen (secondary N) is 7. The minimum absolute atomic E-state index is 0.0199. The summed E-state index contributed by atoms with van der Waals surface area (Å²) in [4.78, 5) is 104. The number of carbonyl (C=O) groups excluding carboxylic acids is 6. The third-order valence-corrected chi connectivity index (χ3v) is 17.4. The zero-order chi connectivity index (χ0) is 80.0.